The maximum atomic E-state index is 11.1. The van der Waals surface area contributed by atoms with Crippen molar-refractivity contribution in [1.29, 1.82) is 0 Å². The number of aliphatic hydroxyl groups excluding tert-OH is 1. The van der Waals surface area contributed by atoms with E-state index in [4.69, 9.17) is 16.7 Å². The number of rotatable bonds is 3. The summed E-state index contributed by atoms with van der Waals surface area (Å²) in [5.74, 6) is -0.312. The van der Waals surface area contributed by atoms with E-state index in [0.29, 0.717) is 0 Å². The Morgan fingerprint density at radius 2 is 2.18 bits per heavy atom. The van der Waals surface area contributed by atoms with Gasteiger partial charge in [0, 0.05) is 29.8 Å². The Morgan fingerprint density at radius 1 is 1.47 bits per heavy atom. The quantitative estimate of drug-likeness (QED) is 0.847. The number of nitrogens with zero attached hydrogens (tertiary/aromatic N) is 1. The zero-order valence-corrected chi connectivity index (χ0v) is 10.2. The molecule has 0 spiro atoms. The average Bonchev–Trinajstić information content (AvgIpc) is 2.78. The maximum absolute atomic E-state index is 11.1. The van der Waals surface area contributed by atoms with Crippen LogP contribution in [-0.4, -0.2) is 36.8 Å². The Hall–Kier alpha value is -1.26. The van der Waals surface area contributed by atoms with Crippen LogP contribution in [0.15, 0.2) is 24.3 Å². The number of hydrogen-bond donors (Lipinski definition) is 2. The highest BCUT2D eigenvalue weighted by Crippen LogP contribution is 2.22. The maximum Gasteiger partial charge on any atom is 0.245 e. The molecule has 17 heavy (non-hydrogen) atoms. The van der Waals surface area contributed by atoms with Crippen molar-refractivity contribution in [3.63, 3.8) is 0 Å². The molecule has 0 bridgehead atoms. The molecule has 1 aliphatic rings. The molecule has 1 heterocycles. The van der Waals surface area contributed by atoms with Gasteiger partial charge in [0.05, 0.1) is 0 Å². The highest BCUT2D eigenvalue weighted by molar-refractivity contribution is 6.30. The fourth-order valence-electron chi connectivity index (χ4n) is 2.04. The molecule has 1 aromatic carbocycles. The van der Waals surface area contributed by atoms with Crippen molar-refractivity contribution in [2.45, 2.75) is 12.5 Å². The van der Waals surface area contributed by atoms with E-state index in [0.717, 1.165) is 30.2 Å². The second kappa shape index (κ2) is 5.38. The van der Waals surface area contributed by atoms with Gasteiger partial charge in [0.2, 0.25) is 5.91 Å². The third-order valence-electron chi connectivity index (χ3n) is 2.89. The molecule has 1 amide bonds. The first-order valence-corrected chi connectivity index (χ1v) is 5.97. The number of benzene rings is 1. The number of carbonyl (C=O) groups is 1. The lowest BCUT2D eigenvalue weighted by Crippen LogP contribution is -2.38. The lowest BCUT2D eigenvalue weighted by atomic mass is 10.2. The Kier molecular flexibility index (Phi) is 3.86. The molecular weight excluding hydrogens is 240 g/mol. The molecule has 1 unspecified atom stereocenters. The Balaban J connectivity index is 1.93. The molecule has 4 nitrogen and oxygen atoms in total. The van der Waals surface area contributed by atoms with E-state index in [1.807, 2.05) is 24.3 Å². The number of amides is 1. The SMILES string of the molecule is O=C(CO)NC1CCN(c2ccc(Cl)cc2)C1. The van der Waals surface area contributed by atoms with Crippen LogP contribution in [-0.2, 0) is 4.79 Å². The van der Waals surface area contributed by atoms with Gasteiger partial charge in [-0.2, -0.15) is 0 Å². The second-order valence-corrected chi connectivity index (χ2v) is 4.57. The van der Waals surface area contributed by atoms with Crippen molar-refractivity contribution in [2.24, 2.45) is 0 Å². The predicted octanol–water partition coefficient (Wildman–Crippen LogP) is 1.03. The first kappa shape index (κ1) is 12.2. The largest absolute Gasteiger partial charge is 0.387 e. The van der Waals surface area contributed by atoms with Crippen LogP contribution in [0.1, 0.15) is 6.42 Å². The van der Waals surface area contributed by atoms with Crippen LogP contribution in [0.4, 0.5) is 5.69 Å². The zero-order chi connectivity index (χ0) is 12.3. The van der Waals surface area contributed by atoms with E-state index < -0.39 is 6.61 Å². The molecular formula is C12H15ClN2O2. The number of aliphatic hydroxyl groups is 1. The Labute approximate surface area is 105 Å². The van der Waals surface area contributed by atoms with Gasteiger partial charge in [-0.15, -0.1) is 0 Å². The van der Waals surface area contributed by atoms with Gasteiger partial charge in [-0.25, -0.2) is 0 Å². The number of anilines is 1. The summed E-state index contributed by atoms with van der Waals surface area (Å²) >= 11 is 5.83. The molecule has 1 saturated heterocycles. The zero-order valence-electron chi connectivity index (χ0n) is 9.40. The van der Waals surface area contributed by atoms with Crippen LogP contribution in [0.3, 0.4) is 0 Å². The summed E-state index contributed by atoms with van der Waals surface area (Å²) in [7, 11) is 0. The summed E-state index contributed by atoms with van der Waals surface area (Å²) in [6.07, 6.45) is 0.897. The van der Waals surface area contributed by atoms with Gasteiger partial charge in [0.1, 0.15) is 6.61 Å². The summed E-state index contributed by atoms with van der Waals surface area (Å²) in [6, 6.07) is 7.77. The molecule has 0 aliphatic carbocycles. The van der Waals surface area contributed by atoms with Crippen molar-refractivity contribution in [2.75, 3.05) is 24.6 Å². The summed E-state index contributed by atoms with van der Waals surface area (Å²) in [5.41, 5.74) is 1.11. The second-order valence-electron chi connectivity index (χ2n) is 4.13. The van der Waals surface area contributed by atoms with Crippen LogP contribution in [0.2, 0.25) is 5.02 Å². The molecule has 92 valence electrons. The van der Waals surface area contributed by atoms with Crippen molar-refractivity contribution < 1.29 is 9.90 Å². The number of carbonyl (C=O) groups excluding carboxylic acids is 1. The minimum atomic E-state index is -0.447. The van der Waals surface area contributed by atoms with Crippen LogP contribution < -0.4 is 10.2 Å². The lowest BCUT2D eigenvalue weighted by molar-refractivity contribution is -0.124. The summed E-state index contributed by atoms with van der Waals surface area (Å²) < 4.78 is 0. The summed E-state index contributed by atoms with van der Waals surface area (Å²) in [5, 5.41) is 12.2. The van der Waals surface area contributed by atoms with E-state index in [1.54, 1.807) is 0 Å². The van der Waals surface area contributed by atoms with E-state index in [-0.39, 0.29) is 11.9 Å². The van der Waals surface area contributed by atoms with Crippen molar-refractivity contribution in [3.05, 3.63) is 29.3 Å². The highest BCUT2D eigenvalue weighted by Gasteiger charge is 2.23. The molecule has 5 heteroatoms. The van der Waals surface area contributed by atoms with Crippen LogP contribution in [0, 0.1) is 0 Å². The summed E-state index contributed by atoms with van der Waals surface area (Å²) in [6.45, 7) is 1.23. The van der Waals surface area contributed by atoms with E-state index in [9.17, 15) is 4.79 Å². The highest BCUT2D eigenvalue weighted by atomic mass is 35.5. The smallest absolute Gasteiger partial charge is 0.245 e. The van der Waals surface area contributed by atoms with E-state index in [2.05, 4.69) is 10.2 Å². The van der Waals surface area contributed by atoms with Crippen LogP contribution in [0.5, 0.6) is 0 Å². The topological polar surface area (TPSA) is 52.6 Å². The molecule has 1 fully saturated rings. The molecule has 0 aromatic heterocycles. The van der Waals surface area contributed by atoms with Crippen molar-refractivity contribution in [1.82, 2.24) is 5.32 Å². The number of halogens is 1. The van der Waals surface area contributed by atoms with Gasteiger partial charge < -0.3 is 15.3 Å². The van der Waals surface area contributed by atoms with E-state index >= 15 is 0 Å². The molecule has 2 rings (SSSR count). The minimum Gasteiger partial charge on any atom is -0.387 e. The van der Waals surface area contributed by atoms with Gasteiger partial charge in [0.25, 0.3) is 0 Å². The van der Waals surface area contributed by atoms with Crippen LogP contribution >= 0.6 is 11.6 Å². The third kappa shape index (κ3) is 3.11. The lowest BCUT2D eigenvalue weighted by Gasteiger charge is -2.18. The normalized spacial score (nSPS) is 19.4. The average molecular weight is 255 g/mol. The van der Waals surface area contributed by atoms with Crippen LogP contribution in [0.25, 0.3) is 0 Å². The third-order valence-corrected chi connectivity index (χ3v) is 3.14. The first-order valence-electron chi connectivity index (χ1n) is 5.60. The van der Waals surface area contributed by atoms with Gasteiger partial charge in [-0.1, -0.05) is 11.6 Å². The minimum absolute atomic E-state index is 0.116. The molecule has 1 aromatic rings. The summed E-state index contributed by atoms with van der Waals surface area (Å²) in [4.78, 5) is 13.3. The fraction of sp³-hybridized carbons (Fsp3) is 0.417. The molecule has 1 aliphatic heterocycles. The monoisotopic (exact) mass is 254 g/mol. The van der Waals surface area contributed by atoms with Gasteiger partial charge in [-0.3, -0.25) is 4.79 Å². The Morgan fingerprint density at radius 3 is 2.82 bits per heavy atom. The fourth-order valence-corrected chi connectivity index (χ4v) is 2.16. The van der Waals surface area contributed by atoms with E-state index in [1.165, 1.54) is 0 Å². The Bertz CT molecular complexity index is 394. The number of hydrogen-bond acceptors (Lipinski definition) is 3. The van der Waals surface area contributed by atoms with Gasteiger partial charge in [-0.05, 0) is 30.7 Å². The van der Waals surface area contributed by atoms with Crippen molar-refractivity contribution in [3.8, 4) is 0 Å². The molecule has 0 saturated carbocycles. The van der Waals surface area contributed by atoms with Gasteiger partial charge >= 0.3 is 0 Å². The predicted molar refractivity (Wildman–Crippen MR) is 67.3 cm³/mol. The number of nitrogens with one attached hydrogen (secondary N) is 1. The molecule has 1 atom stereocenters. The van der Waals surface area contributed by atoms with Gasteiger partial charge in [0.15, 0.2) is 0 Å². The molecule has 0 radical (unpaired) electrons. The molecule has 2 N–H and O–H groups in total. The van der Waals surface area contributed by atoms with Crippen molar-refractivity contribution >= 4 is 23.2 Å². The standard InChI is InChI=1S/C12H15ClN2O2/c13-9-1-3-11(4-2-9)15-6-5-10(7-15)14-12(17)8-16/h1-4,10,16H,5-8H2,(H,14,17). The first-order chi connectivity index (χ1) is 8.19.